The summed E-state index contributed by atoms with van der Waals surface area (Å²) in [4.78, 5) is 7.45. The van der Waals surface area contributed by atoms with Crippen LogP contribution in [0.4, 0.5) is 0 Å². The van der Waals surface area contributed by atoms with Gasteiger partial charge in [0.05, 0.1) is 11.0 Å². The fraction of sp³-hybridized carbons (Fsp3) is 0.345. The number of ether oxygens (including phenoxy) is 2. The van der Waals surface area contributed by atoms with Crippen molar-refractivity contribution in [3.8, 4) is 28.6 Å². The zero-order valence-electron chi connectivity index (χ0n) is 20.8. The van der Waals surface area contributed by atoms with Crippen LogP contribution in [0.15, 0.2) is 66.7 Å². The summed E-state index contributed by atoms with van der Waals surface area (Å²) in [6.45, 7) is 9.01. The molecule has 0 bridgehead atoms. The van der Waals surface area contributed by atoms with Gasteiger partial charge in [0.15, 0.2) is 0 Å². The second-order valence-corrected chi connectivity index (χ2v) is 9.55. The van der Waals surface area contributed by atoms with Crippen LogP contribution >= 0.6 is 11.6 Å². The number of fused-ring (bicyclic) bond motifs is 1. The van der Waals surface area contributed by atoms with Crippen LogP contribution in [0.1, 0.15) is 19.8 Å². The predicted molar refractivity (Wildman–Crippen MR) is 146 cm³/mol. The highest BCUT2D eigenvalue weighted by atomic mass is 35.5. The predicted octanol–water partition coefficient (Wildman–Crippen LogP) is 6.23. The maximum atomic E-state index is 6.15. The van der Waals surface area contributed by atoms with Crippen LogP contribution in [-0.4, -0.2) is 53.8 Å². The third kappa shape index (κ3) is 6.01. The van der Waals surface area contributed by atoms with E-state index in [1.807, 2.05) is 48.5 Å². The molecule has 1 N–H and O–H groups in total. The first kappa shape index (κ1) is 24.6. The van der Waals surface area contributed by atoms with Gasteiger partial charge in [0.1, 0.15) is 29.7 Å². The Kier molecular flexibility index (Phi) is 8.06. The van der Waals surface area contributed by atoms with E-state index >= 15 is 0 Å². The number of hydrogen-bond donors (Lipinski definition) is 1. The Morgan fingerprint density at radius 3 is 2.53 bits per heavy atom. The summed E-state index contributed by atoms with van der Waals surface area (Å²) in [6, 6.07) is 21.7. The van der Waals surface area contributed by atoms with Gasteiger partial charge in [-0.3, -0.25) is 4.90 Å². The van der Waals surface area contributed by atoms with Gasteiger partial charge in [-0.15, -0.1) is 0 Å². The van der Waals surface area contributed by atoms with Crippen molar-refractivity contribution < 1.29 is 9.47 Å². The van der Waals surface area contributed by atoms with Crippen LogP contribution in [-0.2, 0) is 6.54 Å². The summed E-state index contributed by atoms with van der Waals surface area (Å²) in [5.41, 5.74) is 3.09. The molecule has 7 heteroatoms. The minimum Gasteiger partial charge on any atom is -0.492 e. The monoisotopic (exact) mass is 504 g/mol. The summed E-state index contributed by atoms with van der Waals surface area (Å²) in [6.07, 6.45) is 2.19. The van der Waals surface area contributed by atoms with E-state index in [9.17, 15) is 0 Å². The summed E-state index contributed by atoms with van der Waals surface area (Å²) in [5.74, 6) is 3.35. The molecule has 1 aliphatic heterocycles. The fourth-order valence-corrected chi connectivity index (χ4v) is 4.65. The van der Waals surface area contributed by atoms with Crippen molar-refractivity contribution in [2.45, 2.75) is 26.3 Å². The zero-order chi connectivity index (χ0) is 24.7. The molecule has 0 unspecified atom stereocenters. The first-order valence-electron chi connectivity index (χ1n) is 12.8. The van der Waals surface area contributed by atoms with Gasteiger partial charge in [0.2, 0.25) is 0 Å². The smallest absolute Gasteiger partial charge is 0.141 e. The highest BCUT2D eigenvalue weighted by Gasteiger charge is 2.15. The average molecular weight is 505 g/mol. The van der Waals surface area contributed by atoms with Gasteiger partial charge in [-0.2, -0.15) is 0 Å². The molecule has 0 aliphatic carbocycles. The van der Waals surface area contributed by atoms with E-state index in [4.69, 9.17) is 26.1 Å². The molecular weight excluding hydrogens is 472 g/mol. The maximum Gasteiger partial charge on any atom is 0.141 e. The summed E-state index contributed by atoms with van der Waals surface area (Å²) in [5, 5.41) is 4.08. The standard InChI is InChI=1S/C29H33ClN4O2/c1-2-3-15-34-28-21-25(35-19-18-33-16-13-31-14-17-33)11-12-27(28)32-29(34)22-5-4-6-26(20-22)36-24-9-7-23(30)8-10-24/h4-12,20-21,31H,2-3,13-19H2,1H3. The molecule has 36 heavy (non-hydrogen) atoms. The van der Waals surface area contributed by atoms with Crippen molar-refractivity contribution in [3.63, 3.8) is 0 Å². The van der Waals surface area contributed by atoms with E-state index in [0.717, 1.165) is 91.8 Å². The van der Waals surface area contributed by atoms with E-state index < -0.39 is 0 Å². The first-order valence-corrected chi connectivity index (χ1v) is 13.2. The Balaban J connectivity index is 1.38. The number of aryl methyl sites for hydroxylation is 1. The highest BCUT2D eigenvalue weighted by molar-refractivity contribution is 6.30. The second kappa shape index (κ2) is 11.8. The number of halogens is 1. The molecule has 0 saturated carbocycles. The van der Waals surface area contributed by atoms with Crippen molar-refractivity contribution in [3.05, 3.63) is 71.8 Å². The van der Waals surface area contributed by atoms with E-state index in [1.165, 1.54) is 0 Å². The number of aromatic nitrogens is 2. The molecule has 0 atom stereocenters. The van der Waals surface area contributed by atoms with Crippen LogP contribution in [0.5, 0.6) is 17.2 Å². The quantitative estimate of drug-likeness (QED) is 0.277. The third-order valence-corrected chi connectivity index (χ3v) is 6.73. The minimum atomic E-state index is 0.686. The molecule has 2 heterocycles. The van der Waals surface area contributed by atoms with Crippen molar-refractivity contribution in [1.82, 2.24) is 19.8 Å². The van der Waals surface area contributed by atoms with E-state index in [2.05, 4.69) is 39.9 Å². The van der Waals surface area contributed by atoms with Gasteiger partial charge >= 0.3 is 0 Å². The van der Waals surface area contributed by atoms with Gasteiger partial charge in [-0.1, -0.05) is 37.1 Å². The van der Waals surface area contributed by atoms with Crippen LogP contribution < -0.4 is 14.8 Å². The van der Waals surface area contributed by atoms with Gasteiger partial charge in [0, 0.05) is 55.9 Å². The molecule has 188 valence electrons. The Bertz CT molecular complexity index is 1280. The molecule has 3 aromatic carbocycles. The number of unbranched alkanes of at least 4 members (excludes halogenated alkanes) is 1. The number of hydrogen-bond acceptors (Lipinski definition) is 5. The Morgan fingerprint density at radius 1 is 0.917 bits per heavy atom. The molecule has 0 amide bonds. The topological polar surface area (TPSA) is 51.6 Å². The molecule has 1 fully saturated rings. The largest absolute Gasteiger partial charge is 0.492 e. The second-order valence-electron chi connectivity index (χ2n) is 9.12. The van der Waals surface area contributed by atoms with Crippen molar-refractivity contribution in [2.75, 3.05) is 39.3 Å². The summed E-state index contributed by atoms with van der Waals surface area (Å²) in [7, 11) is 0. The van der Waals surface area contributed by atoms with Gasteiger partial charge in [0.25, 0.3) is 0 Å². The number of nitrogens with zero attached hydrogens (tertiary/aromatic N) is 3. The molecule has 6 nitrogen and oxygen atoms in total. The highest BCUT2D eigenvalue weighted by Crippen LogP contribution is 2.31. The SMILES string of the molecule is CCCCn1c(-c2cccc(Oc3ccc(Cl)cc3)c2)nc2ccc(OCCN3CCNCC3)cc21. The van der Waals surface area contributed by atoms with Crippen LogP contribution in [0, 0.1) is 0 Å². The first-order chi connectivity index (χ1) is 17.7. The van der Waals surface area contributed by atoms with Crippen molar-refractivity contribution in [2.24, 2.45) is 0 Å². The van der Waals surface area contributed by atoms with Gasteiger partial charge in [-0.25, -0.2) is 4.98 Å². The lowest BCUT2D eigenvalue weighted by atomic mass is 10.2. The Labute approximate surface area is 217 Å². The maximum absolute atomic E-state index is 6.15. The lowest BCUT2D eigenvalue weighted by Gasteiger charge is -2.26. The van der Waals surface area contributed by atoms with E-state index in [-0.39, 0.29) is 0 Å². The molecule has 1 saturated heterocycles. The fourth-order valence-electron chi connectivity index (χ4n) is 4.52. The van der Waals surface area contributed by atoms with E-state index in [0.29, 0.717) is 11.6 Å². The lowest BCUT2D eigenvalue weighted by molar-refractivity contribution is 0.191. The van der Waals surface area contributed by atoms with Crippen LogP contribution in [0.2, 0.25) is 5.02 Å². The molecule has 1 aromatic heterocycles. The molecular formula is C29H33ClN4O2. The molecule has 0 spiro atoms. The molecule has 5 rings (SSSR count). The zero-order valence-corrected chi connectivity index (χ0v) is 21.5. The van der Waals surface area contributed by atoms with Crippen LogP contribution in [0.3, 0.4) is 0 Å². The third-order valence-electron chi connectivity index (χ3n) is 6.48. The lowest BCUT2D eigenvalue weighted by Crippen LogP contribution is -2.44. The number of imidazole rings is 1. The molecule has 1 aliphatic rings. The van der Waals surface area contributed by atoms with Crippen LogP contribution in [0.25, 0.3) is 22.4 Å². The molecule has 0 radical (unpaired) electrons. The van der Waals surface area contributed by atoms with Gasteiger partial charge in [-0.05, 0) is 55.0 Å². The number of rotatable bonds is 10. The Hall–Kier alpha value is -3.06. The van der Waals surface area contributed by atoms with Crippen molar-refractivity contribution >= 4 is 22.6 Å². The summed E-state index contributed by atoms with van der Waals surface area (Å²) < 4.78 is 14.5. The normalized spacial score (nSPS) is 14.3. The number of benzene rings is 3. The van der Waals surface area contributed by atoms with Gasteiger partial charge < -0.3 is 19.4 Å². The van der Waals surface area contributed by atoms with E-state index in [1.54, 1.807) is 0 Å². The minimum absolute atomic E-state index is 0.686. The average Bonchev–Trinajstić information content (AvgIpc) is 3.27. The Morgan fingerprint density at radius 2 is 1.72 bits per heavy atom. The number of nitrogens with one attached hydrogen (secondary N) is 1. The summed E-state index contributed by atoms with van der Waals surface area (Å²) >= 11 is 6.01. The van der Waals surface area contributed by atoms with Crippen molar-refractivity contribution in [1.29, 1.82) is 0 Å². The number of piperazine rings is 1. The molecule has 4 aromatic rings.